The minimum absolute atomic E-state index is 0.185. The van der Waals surface area contributed by atoms with E-state index < -0.39 is 0 Å². The lowest BCUT2D eigenvalue weighted by Crippen LogP contribution is -2.36. The molecule has 0 spiro atoms. The van der Waals surface area contributed by atoms with Gasteiger partial charge in [0.05, 0.1) is 24.5 Å². The first kappa shape index (κ1) is 15.3. The molecule has 0 aromatic heterocycles. The average molecular weight is 268 g/mol. The van der Waals surface area contributed by atoms with Crippen LogP contribution >= 0.6 is 0 Å². The van der Waals surface area contributed by atoms with Crippen molar-refractivity contribution >= 4 is 11.6 Å². The Morgan fingerprint density at radius 2 is 1.84 bits per heavy atom. The molecule has 0 aliphatic rings. The summed E-state index contributed by atoms with van der Waals surface area (Å²) in [5, 5.41) is 9.83. The van der Waals surface area contributed by atoms with Crippen LogP contribution in [0.3, 0.4) is 0 Å². The second kappa shape index (κ2) is 7.60. The van der Waals surface area contributed by atoms with E-state index in [0.29, 0.717) is 26.3 Å². The number of para-hydroxylation sites is 1. The molecule has 0 bridgehead atoms. The lowest BCUT2D eigenvalue weighted by molar-refractivity contribution is 0.0624. The van der Waals surface area contributed by atoms with Crippen LogP contribution in [-0.2, 0) is 9.47 Å². The van der Waals surface area contributed by atoms with Crippen LogP contribution in [0, 0.1) is 0 Å². The van der Waals surface area contributed by atoms with Gasteiger partial charge in [0, 0.05) is 27.3 Å². The highest BCUT2D eigenvalue weighted by molar-refractivity contribution is 5.98. The van der Waals surface area contributed by atoms with Crippen LogP contribution in [0.25, 0.3) is 0 Å². The van der Waals surface area contributed by atoms with E-state index >= 15 is 0 Å². The Hall–Kier alpha value is -1.79. The predicted octanol–water partition coefficient (Wildman–Crippen LogP) is 0.709. The number of phenols is 1. The van der Waals surface area contributed by atoms with Gasteiger partial charge >= 0.3 is 0 Å². The van der Waals surface area contributed by atoms with Crippen LogP contribution in [0.2, 0.25) is 0 Å². The number of anilines is 1. The van der Waals surface area contributed by atoms with Gasteiger partial charge in [-0.3, -0.25) is 4.79 Å². The van der Waals surface area contributed by atoms with E-state index in [0.717, 1.165) is 0 Å². The molecule has 1 aromatic carbocycles. The van der Waals surface area contributed by atoms with Gasteiger partial charge in [0.2, 0.25) is 0 Å². The molecule has 3 N–H and O–H groups in total. The van der Waals surface area contributed by atoms with E-state index in [-0.39, 0.29) is 22.9 Å². The van der Waals surface area contributed by atoms with Crippen molar-refractivity contribution in [1.29, 1.82) is 0 Å². The second-order valence-corrected chi connectivity index (χ2v) is 4.02. The molecule has 6 nitrogen and oxygen atoms in total. The molecule has 106 valence electrons. The summed E-state index contributed by atoms with van der Waals surface area (Å²) < 4.78 is 9.94. The van der Waals surface area contributed by atoms with Gasteiger partial charge in [0.15, 0.2) is 5.75 Å². The molecule has 6 heteroatoms. The van der Waals surface area contributed by atoms with Gasteiger partial charge in [0.1, 0.15) is 0 Å². The van der Waals surface area contributed by atoms with Crippen LogP contribution in [-0.4, -0.2) is 56.4 Å². The number of nitrogens with two attached hydrogens (primary N) is 1. The van der Waals surface area contributed by atoms with Crippen LogP contribution in [0.4, 0.5) is 5.69 Å². The van der Waals surface area contributed by atoms with Crippen molar-refractivity contribution < 1.29 is 19.4 Å². The van der Waals surface area contributed by atoms with E-state index in [1.807, 2.05) is 0 Å². The van der Waals surface area contributed by atoms with E-state index in [2.05, 4.69) is 0 Å². The normalized spacial score (nSPS) is 10.4. The fourth-order valence-electron chi connectivity index (χ4n) is 1.62. The molecule has 0 saturated heterocycles. The van der Waals surface area contributed by atoms with E-state index in [9.17, 15) is 9.90 Å². The number of carbonyl (C=O) groups excluding carboxylic acids is 1. The standard InChI is InChI=1S/C13H20N2O4/c1-18-8-6-15(7-9-19-2)13(17)10-4-3-5-11(14)12(10)16/h3-5,16H,6-9,14H2,1-2H3. The third kappa shape index (κ3) is 4.11. The summed E-state index contributed by atoms with van der Waals surface area (Å²) >= 11 is 0. The van der Waals surface area contributed by atoms with Gasteiger partial charge in [-0.25, -0.2) is 0 Å². The SMILES string of the molecule is COCCN(CCOC)C(=O)c1cccc(N)c1O. The number of hydrogen-bond acceptors (Lipinski definition) is 5. The fourth-order valence-corrected chi connectivity index (χ4v) is 1.62. The first-order valence-corrected chi connectivity index (χ1v) is 5.96. The Balaban J connectivity index is 2.87. The smallest absolute Gasteiger partial charge is 0.257 e. The van der Waals surface area contributed by atoms with Gasteiger partial charge in [-0.2, -0.15) is 0 Å². The first-order valence-electron chi connectivity index (χ1n) is 5.96. The molecular formula is C13H20N2O4. The number of aromatic hydroxyl groups is 1. The lowest BCUT2D eigenvalue weighted by atomic mass is 10.1. The number of nitrogen functional groups attached to an aromatic ring is 1. The van der Waals surface area contributed by atoms with Crippen molar-refractivity contribution in [3.8, 4) is 5.75 Å². The fraction of sp³-hybridized carbons (Fsp3) is 0.462. The van der Waals surface area contributed by atoms with Crippen LogP contribution in [0.5, 0.6) is 5.75 Å². The third-order valence-corrected chi connectivity index (χ3v) is 2.72. The summed E-state index contributed by atoms with van der Waals surface area (Å²) in [6, 6.07) is 4.72. The van der Waals surface area contributed by atoms with Crippen LogP contribution in [0.15, 0.2) is 18.2 Å². The van der Waals surface area contributed by atoms with Crippen molar-refractivity contribution in [2.24, 2.45) is 0 Å². The lowest BCUT2D eigenvalue weighted by Gasteiger charge is -2.22. The van der Waals surface area contributed by atoms with Gasteiger partial charge in [-0.1, -0.05) is 6.07 Å². The Morgan fingerprint density at radius 1 is 1.26 bits per heavy atom. The summed E-state index contributed by atoms with van der Waals surface area (Å²) in [5.41, 5.74) is 5.96. The van der Waals surface area contributed by atoms with Crippen molar-refractivity contribution in [2.75, 3.05) is 46.3 Å². The zero-order chi connectivity index (χ0) is 14.3. The number of amides is 1. The maximum Gasteiger partial charge on any atom is 0.257 e. The summed E-state index contributed by atoms with van der Waals surface area (Å²) in [7, 11) is 3.13. The molecule has 0 aliphatic heterocycles. The summed E-state index contributed by atoms with van der Waals surface area (Å²) in [4.78, 5) is 13.9. The van der Waals surface area contributed by atoms with E-state index in [4.69, 9.17) is 15.2 Å². The number of nitrogens with zero attached hydrogens (tertiary/aromatic N) is 1. The Bertz CT molecular complexity index is 415. The van der Waals surface area contributed by atoms with Crippen LogP contribution < -0.4 is 5.73 Å². The molecule has 1 rings (SSSR count). The molecular weight excluding hydrogens is 248 g/mol. The zero-order valence-electron chi connectivity index (χ0n) is 11.3. The third-order valence-electron chi connectivity index (χ3n) is 2.72. The molecule has 0 saturated carbocycles. The Kier molecular flexibility index (Phi) is 6.11. The number of hydrogen-bond donors (Lipinski definition) is 2. The van der Waals surface area contributed by atoms with Gasteiger partial charge in [-0.15, -0.1) is 0 Å². The van der Waals surface area contributed by atoms with E-state index in [1.54, 1.807) is 37.3 Å². The molecule has 1 amide bonds. The summed E-state index contributed by atoms with van der Waals surface area (Å²) in [5.74, 6) is -0.480. The molecule has 19 heavy (non-hydrogen) atoms. The molecule has 0 fully saturated rings. The first-order chi connectivity index (χ1) is 9.11. The minimum Gasteiger partial charge on any atom is -0.505 e. The average Bonchev–Trinajstić information content (AvgIpc) is 2.41. The Labute approximate surface area is 112 Å². The largest absolute Gasteiger partial charge is 0.505 e. The highest BCUT2D eigenvalue weighted by Crippen LogP contribution is 2.25. The van der Waals surface area contributed by atoms with Crippen molar-refractivity contribution in [1.82, 2.24) is 4.90 Å². The summed E-state index contributed by atoms with van der Waals surface area (Å²) in [6.45, 7) is 1.68. The zero-order valence-corrected chi connectivity index (χ0v) is 11.3. The maximum atomic E-state index is 12.3. The maximum absolute atomic E-state index is 12.3. The quantitative estimate of drug-likeness (QED) is 0.562. The number of benzene rings is 1. The number of rotatable bonds is 7. The highest BCUT2D eigenvalue weighted by Gasteiger charge is 2.19. The minimum atomic E-state index is -0.293. The van der Waals surface area contributed by atoms with Crippen molar-refractivity contribution in [3.05, 3.63) is 23.8 Å². The molecule has 0 heterocycles. The number of ether oxygens (including phenoxy) is 2. The number of methoxy groups -OCH3 is 2. The Morgan fingerprint density at radius 3 is 2.37 bits per heavy atom. The van der Waals surface area contributed by atoms with Crippen molar-refractivity contribution in [3.63, 3.8) is 0 Å². The molecule has 0 atom stereocenters. The van der Waals surface area contributed by atoms with E-state index in [1.165, 1.54) is 0 Å². The van der Waals surface area contributed by atoms with Gasteiger partial charge < -0.3 is 25.2 Å². The van der Waals surface area contributed by atoms with Crippen molar-refractivity contribution in [2.45, 2.75) is 0 Å². The van der Waals surface area contributed by atoms with Gasteiger partial charge in [0.25, 0.3) is 5.91 Å². The molecule has 0 radical (unpaired) electrons. The second-order valence-electron chi connectivity index (χ2n) is 4.02. The number of carbonyl (C=O) groups is 1. The number of phenolic OH excluding ortho intramolecular Hbond substituents is 1. The predicted molar refractivity (Wildman–Crippen MR) is 72.2 cm³/mol. The molecule has 0 unspecified atom stereocenters. The molecule has 0 aliphatic carbocycles. The highest BCUT2D eigenvalue weighted by atomic mass is 16.5. The topological polar surface area (TPSA) is 85.0 Å². The monoisotopic (exact) mass is 268 g/mol. The van der Waals surface area contributed by atoms with Crippen LogP contribution in [0.1, 0.15) is 10.4 Å². The van der Waals surface area contributed by atoms with Gasteiger partial charge in [-0.05, 0) is 12.1 Å². The molecule has 1 aromatic rings. The summed E-state index contributed by atoms with van der Waals surface area (Å²) in [6.07, 6.45) is 0.